The zero-order chi connectivity index (χ0) is 15.9. The van der Waals surface area contributed by atoms with Gasteiger partial charge in [0.2, 0.25) is 0 Å². The van der Waals surface area contributed by atoms with Gasteiger partial charge in [0, 0.05) is 13.1 Å². The van der Waals surface area contributed by atoms with Crippen molar-refractivity contribution >= 4 is 0 Å². The Balaban J connectivity index is 2.28. The second-order valence-electron chi connectivity index (χ2n) is 7.27. The Morgan fingerprint density at radius 2 is 1.95 bits per heavy atom. The van der Waals surface area contributed by atoms with Crippen LogP contribution in [0, 0.1) is 5.82 Å². The molecule has 0 aliphatic carbocycles. The number of likely N-dealkylation sites (N-methyl/N-ethyl adjacent to an activating group) is 1. The summed E-state index contributed by atoms with van der Waals surface area (Å²) in [5, 5.41) is 0. The zero-order valence-electron chi connectivity index (χ0n) is 13.7. The van der Waals surface area contributed by atoms with Gasteiger partial charge in [-0.25, -0.2) is 4.39 Å². The minimum absolute atomic E-state index is 0.204. The lowest BCUT2D eigenvalue weighted by Crippen LogP contribution is -2.61. The van der Waals surface area contributed by atoms with Crippen molar-refractivity contribution in [1.82, 2.24) is 4.90 Å². The summed E-state index contributed by atoms with van der Waals surface area (Å²) in [4.78, 5) is 2.22. The summed E-state index contributed by atoms with van der Waals surface area (Å²) >= 11 is 0. The smallest absolute Gasteiger partial charge is 0.123 e. The zero-order valence-corrected chi connectivity index (χ0v) is 13.7. The number of ether oxygens (including phenoxy) is 1. The predicted octanol–water partition coefficient (Wildman–Crippen LogP) is 2.93. The minimum Gasteiger partial charge on any atom is -0.368 e. The van der Waals surface area contributed by atoms with Crippen LogP contribution in [0.4, 0.5) is 4.39 Å². The number of hydrogen-bond acceptors (Lipinski definition) is 3. The molecule has 21 heavy (non-hydrogen) atoms. The van der Waals surface area contributed by atoms with E-state index in [9.17, 15) is 4.39 Å². The van der Waals surface area contributed by atoms with E-state index in [1.165, 1.54) is 6.07 Å². The van der Waals surface area contributed by atoms with Crippen molar-refractivity contribution in [3.8, 4) is 0 Å². The molecule has 0 bridgehead atoms. The van der Waals surface area contributed by atoms with E-state index in [2.05, 4.69) is 32.6 Å². The Morgan fingerprint density at radius 3 is 2.43 bits per heavy atom. The Labute approximate surface area is 127 Å². The van der Waals surface area contributed by atoms with Gasteiger partial charge in [-0.1, -0.05) is 12.1 Å². The molecule has 1 unspecified atom stereocenters. The van der Waals surface area contributed by atoms with Gasteiger partial charge in [-0.3, -0.25) is 4.90 Å². The lowest BCUT2D eigenvalue weighted by atomic mass is 9.77. The van der Waals surface area contributed by atoms with Crippen LogP contribution < -0.4 is 5.73 Å². The maximum absolute atomic E-state index is 13.4. The third-order valence-corrected chi connectivity index (χ3v) is 4.75. The first-order valence-corrected chi connectivity index (χ1v) is 7.48. The van der Waals surface area contributed by atoms with E-state index in [1.54, 1.807) is 12.1 Å². The van der Waals surface area contributed by atoms with Crippen LogP contribution in [0.5, 0.6) is 0 Å². The Hall–Kier alpha value is -0.970. The van der Waals surface area contributed by atoms with Crippen LogP contribution in [-0.2, 0) is 11.3 Å². The average Bonchev–Trinajstić information content (AvgIpc) is 2.54. The van der Waals surface area contributed by atoms with Crippen molar-refractivity contribution in [2.75, 3.05) is 13.6 Å². The van der Waals surface area contributed by atoms with Crippen LogP contribution in [0.25, 0.3) is 0 Å². The Bertz CT molecular complexity index is 515. The molecule has 0 spiro atoms. The largest absolute Gasteiger partial charge is 0.368 e. The third kappa shape index (κ3) is 2.98. The minimum atomic E-state index is -0.354. The molecular weight excluding hydrogens is 267 g/mol. The molecular formula is C17H27FN2O. The van der Waals surface area contributed by atoms with Gasteiger partial charge in [-0.2, -0.15) is 0 Å². The molecule has 0 radical (unpaired) electrons. The first-order valence-electron chi connectivity index (χ1n) is 7.48. The van der Waals surface area contributed by atoms with Gasteiger partial charge in [0.05, 0.1) is 16.7 Å². The van der Waals surface area contributed by atoms with Crippen molar-refractivity contribution in [3.05, 3.63) is 35.6 Å². The van der Waals surface area contributed by atoms with E-state index < -0.39 is 0 Å². The second kappa shape index (κ2) is 5.34. The average molecular weight is 294 g/mol. The van der Waals surface area contributed by atoms with Gasteiger partial charge in [-0.05, 0) is 58.9 Å². The van der Waals surface area contributed by atoms with Crippen molar-refractivity contribution < 1.29 is 9.13 Å². The van der Waals surface area contributed by atoms with Crippen molar-refractivity contribution in [1.29, 1.82) is 0 Å². The summed E-state index contributed by atoms with van der Waals surface area (Å²) in [5.74, 6) is -0.204. The molecule has 1 aliphatic rings. The third-order valence-electron chi connectivity index (χ3n) is 4.75. The lowest BCUT2D eigenvalue weighted by Gasteiger charge is -2.46. The van der Waals surface area contributed by atoms with Crippen LogP contribution in [0.2, 0.25) is 0 Å². The van der Waals surface area contributed by atoms with Gasteiger partial charge >= 0.3 is 0 Å². The quantitative estimate of drug-likeness (QED) is 0.928. The molecule has 0 aromatic heterocycles. The van der Waals surface area contributed by atoms with Crippen LogP contribution in [-0.4, -0.2) is 35.2 Å². The summed E-state index contributed by atoms with van der Waals surface area (Å²) in [6, 6.07) is 6.73. The molecule has 1 aromatic carbocycles. The molecule has 1 saturated heterocycles. The van der Waals surface area contributed by atoms with Gasteiger partial charge in [0.25, 0.3) is 0 Å². The van der Waals surface area contributed by atoms with Gasteiger partial charge in [0.15, 0.2) is 0 Å². The molecule has 2 N–H and O–H groups in total. The fourth-order valence-corrected chi connectivity index (χ4v) is 3.87. The highest BCUT2D eigenvalue weighted by Gasteiger charge is 2.58. The standard InChI is InChI=1S/C17H27FN2O/c1-15(2)11-17(12-19,16(3,4)21-15)20(5)10-13-7-6-8-14(18)9-13/h6-9H,10-12,19H2,1-5H3. The first kappa shape index (κ1) is 16.4. The summed E-state index contributed by atoms with van der Waals surface area (Å²) in [7, 11) is 2.05. The predicted molar refractivity (Wildman–Crippen MR) is 83.5 cm³/mol. The molecule has 1 aliphatic heterocycles. The summed E-state index contributed by atoms with van der Waals surface area (Å²) in [6.07, 6.45) is 0.856. The molecule has 4 heteroatoms. The number of halogens is 1. The topological polar surface area (TPSA) is 38.5 Å². The van der Waals surface area contributed by atoms with Crippen LogP contribution >= 0.6 is 0 Å². The maximum atomic E-state index is 13.4. The SMILES string of the molecule is CN(Cc1cccc(F)c1)C1(CN)CC(C)(C)OC1(C)C. The van der Waals surface area contributed by atoms with Crippen LogP contribution in [0.3, 0.4) is 0 Å². The van der Waals surface area contributed by atoms with Gasteiger partial charge in [0.1, 0.15) is 5.82 Å². The molecule has 3 nitrogen and oxygen atoms in total. The molecule has 1 atom stereocenters. The van der Waals surface area contributed by atoms with E-state index in [-0.39, 0.29) is 22.6 Å². The van der Waals surface area contributed by atoms with E-state index >= 15 is 0 Å². The highest BCUT2D eigenvalue weighted by Crippen LogP contribution is 2.47. The number of nitrogens with two attached hydrogens (primary N) is 1. The summed E-state index contributed by atoms with van der Waals surface area (Å²) in [6.45, 7) is 9.55. The number of hydrogen-bond donors (Lipinski definition) is 1. The number of nitrogens with zero attached hydrogens (tertiary/aromatic N) is 1. The number of benzene rings is 1. The van der Waals surface area contributed by atoms with Crippen molar-refractivity contribution in [2.45, 2.75) is 57.4 Å². The van der Waals surface area contributed by atoms with Crippen LogP contribution in [0.15, 0.2) is 24.3 Å². The molecule has 0 amide bonds. The second-order valence-corrected chi connectivity index (χ2v) is 7.27. The first-order chi connectivity index (χ1) is 9.62. The molecule has 1 fully saturated rings. The van der Waals surface area contributed by atoms with E-state index in [1.807, 2.05) is 13.1 Å². The lowest BCUT2D eigenvalue weighted by molar-refractivity contribution is -0.101. The highest BCUT2D eigenvalue weighted by atomic mass is 19.1. The van der Waals surface area contributed by atoms with E-state index in [0.29, 0.717) is 13.1 Å². The fourth-order valence-electron chi connectivity index (χ4n) is 3.87. The van der Waals surface area contributed by atoms with E-state index in [0.717, 1.165) is 12.0 Å². The van der Waals surface area contributed by atoms with E-state index in [4.69, 9.17) is 10.5 Å². The van der Waals surface area contributed by atoms with Crippen molar-refractivity contribution in [2.24, 2.45) is 5.73 Å². The highest BCUT2D eigenvalue weighted by molar-refractivity contribution is 5.19. The molecule has 118 valence electrons. The summed E-state index contributed by atoms with van der Waals surface area (Å²) < 4.78 is 19.6. The summed E-state index contributed by atoms with van der Waals surface area (Å²) in [5.41, 5.74) is 6.28. The molecule has 2 rings (SSSR count). The normalized spacial score (nSPS) is 27.2. The van der Waals surface area contributed by atoms with Gasteiger partial charge < -0.3 is 10.5 Å². The Kier molecular flexibility index (Phi) is 4.17. The molecule has 1 aromatic rings. The fraction of sp³-hybridized carbons (Fsp3) is 0.647. The van der Waals surface area contributed by atoms with Crippen LogP contribution in [0.1, 0.15) is 39.7 Å². The number of rotatable bonds is 4. The van der Waals surface area contributed by atoms with Crippen molar-refractivity contribution in [3.63, 3.8) is 0 Å². The maximum Gasteiger partial charge on any atom is 0.123 e. The monoisotopic (exact) mass is 294 g/mol. The molecule has 0 saturated carbocycles. The Morgan fingerprint density at radius 1 is 1.29 bits per heavy atom. The molecule has 1 heterocycles. The van der Waals surface area contributed by atoms with Gasteiger partial charge in [-0.15, -0.1) is 0 Å².